The quantitative estimate of drug-likeness (QED) is 0.181. The van der Waals surface area contributed by atoms with Crippen molar-refractivity contribution in [2.75, 3.05) is 12.3 Å². The number of hydrogen-bond acceptors (Lipinski definition) is 10. The van der Waals surface area contributed by atoms with Crippen molar-refractivity contribution in [1.29, 1.82) is 0 Å². The summed E-state index contributed by atoms with van der Waals surface area (Å²) in [6, 6.07) is 0. The first-order valence-electron chi connectivity index (χ1n) is 6.98. The molecular formula is C10H13N8O7P. The van der Waals surface area contributed by atoms with Crippen molar-refractivity contribution in [2.24, 2.45) is 5.11 Å². The monoisotopic (exact) mass is 389 g/mol. The molecule has 2 aromatic rings. The van der Waals surface area contributed by atoms with Crippen LogP contribution in [0.15, 0.2) is 11.4 Å². The van der Waals surface area contributed by atoms with E-state index in [0.717, 1.165) is 10.9 Å². The van der Waals surface area contributed by atoms with E-state index in [9.17, 15) is 14.8 Å². The second-order valence-electron chi connectivity index (χ2n) is 5.23. The topological polar surface area (TPSA) is 235 Å². The molecule has 1 aliphatic rings. The van der Waals surface area contributed by atoms with Gasteiger partial charge in [-0.2, -0.15) is 0 Å². The number of azide groups is 1. The molecule has 2 aromatic heterocycles. The van der Waals surface area contributed by atoms with Crippen LogP contribution in [0.1, 0.15) is 6.23 Å². The van der Waals surface area contributed by atoms with Crippen LogP contribution in [0, 0.1) is 0 Å². The smallest absolute Gasteiger partial charge is 0.387 e. The summed E-state index contributed by atoms with van der Waals surface area (Å²) < 4.78 is 21.6. The lowest BCUT2D eigenvalue weighted by Crippen LogP contribution is -2.33. The third-order valence-electron chi connectivity index (χ3n) is 3.62. The molecule has 1 saturated heterocycles. The number of fused-ring (bicyclic) bond motifs is 1. The maximum atomic E-state index is 10.8. The maximum absolute atomic E-state index is 10.8. The largest absolute Gasteiger partial charge is 0.469 e. The fraction of sp³-hybridized carbons (Fsp3) is 0.500. The van der Waals surface area contributed by atoms with Crippen molar-refractivity contribution in [3.8, 4) is 0 Å². The van der Waals surface area contributed by atoms with E-state index >= 15 is 0 Å². The molecule has 0 unspecified atom stereocenters. The summed E-state index contributed by atoms with van der Waals surface area (Å²) in [6.07, 6.45) is -4.63. The van der Waals surface area contributed by atoms with E-state index in [1.165, 1.54) is 0 Å². The van der Waals surface area contributed by atoms with Crippen LogP contribution in [-0.4, -0.2) is 64.4 Å². The Balaban J connectivity index is 2.00. The molecule has 16 heteroatoms. The summed E-state index contributed by atoms with van der Waals surface area (Å²) >= 11 is 0. The highest BCUT2D eigenvalue weighted by molar-refractivity contribution is 7.46. The number of nitrogens with two attached hydrogens (primary N) is 1. The fourth-order valence-electron chi connectivity index (χ4n) is 2.51. The number of nitrogen functional groups attached to an aromatic ring is 1. The van der Waals surface area contributed by atoms with E-state index in [2.05, 4.69) is 29.5 Å². The van der Waals surface area contributed by atoms with Crippen molar-refractivity contribution in [2.45, 2.75) is 24.5 Å². The van der Waals surface area contributed by atoms with Gasteiger partial charge in [-0.3, -0.25) is 9.09 Å². The molecule has 3 rings (SSSR count). The summed E-state index contributed by atoms with van der Waals surface area (Å²) in [4.78, 5) is 31.8. The van der Waals surface area contributed by atoms with Crippen LogP contribution in [0.3, 0.4) is 0 Å². The molecule has 0 saturated carbocycles. The summed E-state index contributed by atoms with van der Waals surface area (Å²) in [7, 11) is -4.81. The normalized spacial score (nSPS) is 26.2. The number of aliphatic hydroxyl groups excluding tert-OH is 2. The van der Waals surface area contributed by atoms with Crippen molar-refractivity contribution >= 4 is 30.8 Å². The maximum Gasteiger partial charge on any atom is 0.469 e. The van der Waals surface area contributed by atoms with Crippen LogP contribution >= 0.6 is 7.82 Å². The van der Waals surface area contributed by atoms with Crippen LogP contribution in [-0.2, 0) is 13.8 Å². The molecule has 6 N–H and O–H groups in total. The molecule has 0 aromatic carbocycles. The molecule has 15 nitrogen and oxygen atoms in total. The van der Waals surface area contributed by atoms with Gasteiger partial charge in [-0.05, 0) is 10.6 Å². The molecule has 0 radical (unpaired) electrons. The SMILES string of the molecule is [N-]=[N+]=Nc1nc2c(N)ncnc2n1[C@@H]1O[C@H](CO[32P](=O)(O)O)[C@@H](O)[C@H]1O. The molecule has 26 heavy (non-hydrogen) atoms. The number of anilines is 1. The Morgan fingerprint density at radius 3 is 2.81 bits per heavy atom. The number of aliphatic hydroxyl groups is 2. The Kier molecular flexibility index (Phi) is 4.79. The summed E-state index contributed by atoms with van der Waals surface area (Å²) in [5, 5.41) is 23.7. The van der Waals surface area contributed by atoms with Crippen molar-refractivity contribution in [1.82, 2.24) is 19.5 Å². The Morgan fingerprint density at radius 2 is 2.15 bits per heavy atom. The molecule has 1 fully saturated rings. The number of hydrogen-bond donors (Lipinski definition) is 5. The minimum absolute atomic E-state index is 0.0162. The van der Waals surface area contributed by atoms with Gasteiger partial charge >= 0.3 is 7.82 Å². The highest BCUT2D eigenvalue weighted by atomic mass is 32.2. The van der Waals surface area contributed by atoms with Crippen molar-refractivity contribution in [3.05, 3.63) is 16.8 Å². The van der Waals surface area contributed by atoms with E-state index < -0.39 is 39.0 Å². The molecular weight excluding hydrogens is 376 g/mol. The minimum Gasteiger partial charge on any atom is -0.387 e. The van der Waals surface area contributed by atoms with Gasteiger partial charge in [-0.15, -0.1) is 0 Å². The molecule has 0 aliphatic carbocycles. The van der Waals surface area contributed by atoms with Gasteiger partial charge < -0.3 is 30.5 Å². The van der Waals surface area contributed by atoms with Crippen LogP contribution in [0.25, 0.3) is 21.6 Å². The predicted molar refractivity (Wildman–Crippen MR) is 82.5 cm³/mol. The van der Waals surface area contributed by atoms with Crippen LogP contribution in [0.5, 0.6) is 0 Å². The number of phosphoric acid groups is 1. The standard InChI is InChI=1S/C10H13N8O7P/c11-7-4-8(14-2-13-7)18(10(15-4)16-17-12)9-6(20)5(19)3(25-9)1-24-26(21,22)23/h2-3,5-6,9,19-20H,1H2,(H2,11,13,14)(H2,21,22,23)/t3-,5-,6-,9-/m1/s1/i26+1. The third kappa shape index (κ3) is 3.33. The van der Waals surface area contributed by atoms with E-state index in [1.807, 2.05) is 0 Å². The first kappa shape index (κ1) is 18.4. The van der Waals surface area contributed by atoms with Crippen molar-refractivity contribution in [3.63, 3.8) is 0 Å². The second kappa shape index (κ2) is 6.75. The molecule has 1 aliphatic heterocycles. The summed E-state index contributed by atoms with van der Waals surface area (Å²) in [6.45, 7) is -0.695. The Labute approximate surface area is 143 Å². The average Bonchev–Trinajstić information content (AvgIpc) is 3.05. The minimum atomic E-state index is -4.81. The van der Waals surface area contributed by atoms with Gasteiger partial charge in [-0.25, -0.2) is 19.5 Å². The van der Waals surface area contributed by atoms with Gasteiger partial charge in [0.1, 0.15) is 24.6 Å². The fourth-order valence-corrected chi connectivity index (χ4v) is 2.85. The van der Waals surface area contributed by atoms with Gasteiger partial charge in [0.05, 0.1) is 6.61 Å². The Hall–Kier alpha value is -2.35. The van der Waals surface area contributed by atoms with Gasteiger partial charge in [0.25, 0.3) is 0 Å². The lowest BCUT2D eigenvalue weighted by Gasteiger charge is -2.18. The van der Waals surface area contributed by atoms with Crippen LogP contribution in [0.4, 0.5) is 11.8 Å². The zero-order valence-corrected chi connectivity index (χ0v) is 13.7. The molecule has 0 amide bonds. The number of phosphoric ester groups is 1. The molecule has 140 valence electrons. The van der Waals surface area contributed by atoms with E-state index in [0.29, 0.717) is 0 Å². The average molecular weight is 389 g/mol. The van der Waals surface area contributed by atoms with Crippen LogP contribution < -0.4 is 5.73 Å². The summed E-state index contributed by atoms with van der Waals surface area (Å²) in [5.41, 5.74) is 14.5. The number of rotatable bonds is 5. The lowest BCUT2D eigenvalue weighted by atomic mass is 10.1. The number of aromatic nitrogens is 4. The zero-order valence-electron chi connectivity index (χ0n) is 12.8. The number of nitrogens with zero attached hydrogens (tertiary/aromatic N) is 7. The van der Waals surface area contributed by atoms with Gasteiger partial charge in [-0.1, -0.05) is 0 Å². The van der Waals surface area contributed by atoms with Gasteiger partial charge in [0, 0.05) is 4.91 Å². The highest BCUT2D eigenvalue weighted by Gasteiger charge is 2.46. The lowest BCUT2D eigenvalue weighted by molar-refractivity contribution is -0.0495. The van der Waals surface area contributed by atoms with Crippen LogP contribution in [0.2, 0.25) is 0 Å². The zero-order chi connectivity index (χ0) is 19.1. The predicted octanol–water partition coefficient (Wildman–Crippen LogP) is -0.921. The van der Waals surface area contributed by atoms with Gasteiger partial charge in [0.15, 0.2) is 23.2 Å². The van der Waals surface area contributed by atoms with Gasteiger partial charge in [0.2, 0.25) is 5.95 Å². The first-order valence-corrected chi connectivity index (χ1v) is 8.51. The molecule has 0 spiro atoms. The molecule has 3 heterocycles. The Morgan fingerprint density at radius 1 is 1.42 bits per heavy atom. The number of imidazole rings is 1. The highest BCUT2D eigenvalue weighted by Crippen LogP contribution is 2.40. The molecule has 0 bridgehead atoms. The van der Waals surface area contributed by atoms with E-state index in [1.54, 1.807) is 0 Å². The first-order chi connectivity index (χ1) is 12.2. The Bertz CT molecular complexity index is 923. The van der Waals surface area contributed by atoms with Crippen molar-refractivity contribution < 1.29 is 33.8 Å². The third-order valence-corrected chi connectivity index (χ3v) is 4.10. The molecule has 4 atom stereocenters. The summed E-state index contributed by atoms with van der Waals surface area (Å²) in [5.74, 6) is -0.278. The number of ether oxygens (including phenoxy) is 1. The van der Waals surface area contributed by atoms with E-state index in [4.69, 9.17) is 25.8 Å². The second-order valence-corrected chi connectivity index (χ2v) is 6.47. The van der Waals surface area contributed by atoms with E-state index in [-0.39, 0.29) is 22.9 Å².